The number of halogens is 2. The Morgan fingerprint density at radius 2 is 1.67 bits per heavy atom. The molecule has 2 aliphatic rings. The lowest BCUT2D eigenvalue weighted by molar-refractivity contribution is -0.146. The molecule has 27 heavy (non-hydrogen) atoms. The molecule has 2 atom stereocenters. The van der Waals surface area contributed by atoms with Gasteiger partial charge in [0.25, 0.3) is 5.91 Å². The highest BCUT2D eigenvalue weighted by atomic mass is 35.5. The van der Waals surface area contributed by atoms with Crippen molar-refractivity contribution in [3.05, 3.63) is 34.6 Å². The first kappa shape index (κ1) is 19.6. The van der Waals surface area contributed by atoms with Gasteiger partial charge in [-0.25, -0.2) is 4.39 Å². The molecule has 1 aromatic rings. The maximum atomic E-state index is 14.0. The Hall–Kier alpha value is -2.15. The molecule has 0 spiro atoms. The molecule has 0 aromatic heterocycles. The fourth-order valence-corrected chi connectivity index (χ4v) is 4.13. The number of carbonyl (C=O) groups is 3. The SMILES string of the molecule is O=C(O)C1CCCC(C(=O)N2CCN(C(=O)c3c(F)cccc3Cl)CC2)C1. The van der Waals surface area contributed by atoms with Gasteiger partial charge in [-0.1, -0.05) is 24.1 Å². The van der Waals surface area contributed by atoms with Gasteiger partial charge in [0.1, 0.15) is 5.82 Å². The van der Waals surface area contributed by atoms with E-state index in [9.17, 15) is 23.9 Å². The Bertz CT molecular complexity index is 729. The predicted octanol–water partition coefficient (Wildman–Crippen LogP) is 2.65. The molecule has 1 aliphatic carbocycles. The van der Waals surface area contributed by atoms with Crippen LogP contribution in [0, 0.1) is 17.7 Å². The Kier molecular flexibility index (Phi) is 5.99. The van der Waals surface area contributed by atoms with E-state index >= 15 is 0 Å². The number of aliphatic carboxylic acids is 1. The molecular weight excluding hydrogens is 375 g/mol. The zero-order valence-corrected chi connectivity index (χ0v) is 15.6. The Labute approximate surface area is 161 Å². The van der Waals surface area contributed by atoms with E-state index in [0.29, 0.717) is 45.4 Å². The van der Waals surface area contributed by atoms with Gasteiger partial charge in [0.2, 0.25) is 5.91 Å². The van der Waals surface area contributed by atoms with E-state index in [1.165, 1.54) is 23.1 Å². The number of nitrogens with zero attached hydrogens (tertiary/aromatic N) is 2. The first-order chi connectivity index (χ1) is 12.9. The van der Waals surface area contributed by atoms with Gasteiger partial charge < -0.3 is 14.9 Å². The molecule has 3 rings (SSSR count). The summed E-state index contributed by atoms with van der Waals surface area (Å²) in [6.45, 7) is 1.30. The van der Waals surface area contributed by atoms with Gasteiger partial charge in [0, 0.05) is 32.1 Å². The van der Waals surface area contributed by atoms with Crippen LogP contribution in [0.2, 0.25) is 5.02 Å². The van der Waals surface area contributed by atoms with Gasteiger partial charge >= 0.3 is 5.97 Å². The number of benzene rings is 1. The summed E-state index contributed by atoms with van der Waals surface area (Å²) in [5.74, 6) is -2.76. The van der Waals surface area contributed by atoms with Crippen LogP contribution in [-0.4, -0.2) is 58.9 Å². The molecule has 2 unspecified atom stereocenters. The monoisotopic (exact) mass is 396 g/mol. The fraction of sp³-hybridized carbons (Fsp3) is 0.526. The summed E-state index contributed by atoms with van der Waals surface area (Å²) in [5, 5.41) is 9.26. The van der Waals surface area contributed by atoms with E-state index in [1.54, 1.807) is 4.90 Å². The van der Waals surface area contributed by atoms with Crippen LogP contribution in [0.25, 0.3) is 0 Å². The average Bonchev–Trinajstić information content (AvgIpc) is 2.67. The fourth-order valence-electron chi connectivity index (χ4n) is 3.89. The first-order valence-corrected chi connectivity index (χ1v) is 9.51. The zero-order chi connectivity index (χ0) is 19.6. The van der Waals surface area contributed by atoms with Crippen LogP contribution in [-0.2, 0) is 9.59 Å². The minimum Gasteiger partial charge on any atom is -0.481 e. The molecule has 2 fully saturated rings. The number of hydrogen-bond acceptors (Lipinski definition) is 3. The quantitative estimate of drug-likeness (QED) is 0.852. The van der Waals surface area contributed by atoms with Crippen molar-refractivity contribution in [3.8, 4) is 0 Å². The summed E-state index contributed by atoms with van der Waals surface area (Å²) in [4.78, 5) is 39.7. The minimum absolute atomic E-state index is 0.0445. The van der Waals surface area contributed by atoms with Crippen molar-refractivity contribution in [1.29, 1.82) is 0 Å². The van der Waals surface area contributed by atoms with E-state index in [2.05, 4.69) is 0 Å². The lowest BCUT2D eigenvalue weighted by Crippen LogP contribution is -2.52. The van der Waals surface area contributed by atoms with Crippen LogP contribution in [0.1, 0.15) is 36.0 Å². The number of piperazine rings is 1. The van der Waals surface area contributed by atoms with Crippen LogP contribution in [0.15, 0.2) is 18.2 Å². The molecular formula is C19H22ClFN2O4. The molecule has 146 valence electrons. The van der Waals surface area contributed by atoms with Crippen LogP contribution in [0.3, 0.4) is 0 Å². The van der Waals surface area contributed by atoms with Crippen molar-refractivity contribution in [2.45, 2.75) is 25.7 Å². The molecule has 0 bridgehead atoms. The molecule has 1 saturated heterocycles. The Balaban J connectivity index is 1.59. The largest absolute Gasteiger partial charge is 0.481 e. The molecule has 1 aromatic carbocycles. The van der Waals surface area contributed by atoms with Gasteiger partial charge in [0.15, 0.2) is 0 Å². The second-order valence-corrected chi connectivity index (χ2v) is 7.52. The second-order valence-electron chi connectivity index (χ2n) is 7.11. The predicted molar refractivity (Wildman–Crippen MR) is 97.0 cm³/mol. The van der Waals surface area contributed by atoms with E-state index in [0.717, 1.165) is 6.42 Å². The van der Waals surface area contributed by atoms with Gasteiger partial charge in [-0.3, -0.25) is 14.4 Å². The molecule has 1 heterocycles. The number of carboxylic acids is 1. The third-order valence-electron chi connectivity index (χ3n) is 5.43. The highest BCUT2D eigenvalue weighted by Crippen LogP contribution is 2.31. The Morgan fingerprint density at radius 3 is 2.30 bits per heavy atom. The van der Waals surface area contributed by atoms with Crippen molar-refractivity contribution in [2.75, 3.05) is 26.2 Å². The summed E-state index contributed by atoms with van der Waals surface area (Å²) >= 11 is 5.96. The summed E-state index contributed by atoms with van der Waals surface area (Å²) in [6.07, 6.45) is 2.42. The molecule has 0 radical (unpaired) electrons. The van der Waals surface area contributed by atoms with E-state index in [-0.39, 0.29) is 22.4 Å². The third-order valence-corrected chi connectivity index (χ3v) is 5.74. The summed E-state index contributed by atoms with van der Waals surface area (Å²) in [6, 6.07) is 4.11. The van der Waals surface area contributed by atoms with E-state index in [1.807, 2.05) is 0 Å². The van der Waals surface area contributed by atoms with Gasteiger partial charge in [-0.15, -0.1) is 0 Å². The zero-order valence-electron chi connectivity index (χ0n) is 14.9. The Morgan fingerprint density at radius 1 is 1.04 bits per heavy atom. The van der Waals surface area contributed by atoms with E-state index < -0.39 is 23.6 Å². The topological polar surface area (TPSA) is 77.9 Å². The highest BCUT2D eigenvalue weighted by Gasteiger charge is 2.35. The van der Waals surface area contributed by atoms with Gasteiger partial charge in [-0.05, 0) is 31.4 Å². The standard InChI is InChI=1S/C19H22ClFN2O4/c20-14-5-2-6-15(21)16(14)18(25)23-9-7-22(8-10-23)17(24)12-3-1-4-13(11-12)19(26)27/h2,5-6,12-13H,1,3-4,7-11H2,(H,26,27). The van der Waals surface area contributed by atoms with Crippen molar-refractivity contribution >= 4 is 29.4 Å². The van der Waals surface area contributed by atoms with Crippen molar-refractivity contribution in [2.24, 2.45) is 11.8 Å². The first-order valence-electron chi connectivity index (χ1n) is 9.13. The minimum atomic E-state index is -0.843. The normalized spacial score (nSPS) is 23.2. The maximum Gasteiger partial charge on any atom is 0.306 e. The second kappa shape index (κ2) is 8.25. The number of hydrogen-bond donors (Lipinski definition) is 1. The van der Waals surface area contributed by atoms with Crippen LogP contribution >= 0.6 is 11.6 Å². The summed E-state index contributed by atoms with van der Waals surface area (Å²) in [5.41, 5.74) is -0.143. The van der Waals surface area contributed by atoms with Crippen LogP contribution in [0.4, 0.5) is 4.39 Å². The molecule has 1 aliphatic heterocycles. The van der Waals surface area contributed by atoms with Crippen molar-refractivity contribution < 1.29 is 23.9 Å². The highest BCUT2D eigenvalue weighted by molar-refractivity contribution is 6.33. The maximum absolute atomic E-state index is 14.0. The lowest BCUT2D eigenvalue weighted by atomic mass is 9.80. The average molecular weight is 397 g/mol. The molecule has 1 saturated carbocycles. The third kappa shape index (κ3) is 4.24. The molecule has 8 heteroatoms. The lowest BCUT2D eigenvalue weighted by Gasteiger charge is -2.37. The smallest absolute Gasteiger partial charge is 0.306 e. The van der Waals surface area contributed by atoms with Gasteiger partial charge in [0.05, 0.1) is 16.5 Å². The molecule has 1 N–H and O–H groups in total. The van der Waals surface area contributed by atoms with Crippen LogP contribution in [0.5, 0.6) is 0 Å². The number of carboxylic acid groups (broad SMARTS) is 1. The number of carbonyl (C=O) groups excluding carboxylic acids is 2. The number of amides is 2. The number of rotatable bonds is 3. The molecule has 2 amide bonds. The molecule has 6 nitrogen and oxygen atoms in total. The van der Waals surface area contributed by atoms with Crippen molar-refractivity contribution in [3.63, 3.8) is 0 Å². The van der Waals surface area contributed by atoms with Crippen molar-refractivity contribution in [1.82, 2.24) is 9.80 Å². The van der Waals surface area contributed by atoms with E-state index in [4.69, 9.17) is 11.6 Å². The summed E-state index contributed by atoms with van der Waals surface area (Å²) < 4.78 is 14.0. The van der Waals surface area contributed by atoms with Crippen LogP contribution < -0.4 is 0 Å². The summed E-state index contributed by atoms with van der Waals surface area (Å²) in [7, 11) is 0. The van der Waals surface area contributed by atoms with Gasteiger partial charge in [-0.2, -0.15) is 0 Å².